The van der Waals surface area contributed by atoms with Crippen molar-refractivity contribution in [2.75, 3.05) is 0 Å². The molecule has 0 amide bonds. The van der Waals surface area contributed by atoms with E-state index in [0.29, 0.717) is 12.3 Å². The fourth-order valence-corrected chi connectivity index (χ4v) is 3.21. The van der Waals surface area contributed by atoms with Crippen molar-refractivity contribution in [2.45, 2.75) is 71.9 Å². The van der Waals surface area contributed by atoms with Crippen molar-refractivity contribution < 1.29 is 23.8 Å². The van der Waals surface area contributed by atoms with Gasteiger partial charge in [-0.2, -0.15) is 0 Å². The number of carbonyl (C=O) groups is 2. The van der Waals surface area contributed by atoms with Crippen LogP contribution in [0.3, 0.4) is 0 Å². The maximum Gasteiger partial charge on any atom is 0.303 e. The number of esters is 2. The van der Waals surface area contributed by atoms with E-state index >= 15 is 0 Å². The maximum absolute atomic E-state index is 11.7. The first-order valence-corrected chi connectivity index (χ1v) is 8.03. The van der Waals surface area contributed by atoms with Crippen LogP contribution in [0.15, 0.2) is 18.4 Å². The van der Waals surface area contributed by atoms with E-state index < -0.39 is 29.7 Å². The topological polar surface area (TPSA) is 61.8 Å². The van der Waals surface area contributed by atoms with Crippen LogP contribution >= 0.6 is 0 Å². The minimum Gasteiger partial charge on any atom is -0.455 e. The van der Waals surface area contributed by atoms with Gasteiger partial charge in [-0.05, 0) is 18.3 Å². The Hall–Kier alpha value is -1.58. The van der Waals surface area contributed by atoms with Gasteiger partial charge >= 0.3 is 11.9 Å². The molecule has 23 heavy (non-hydrogen) atoms. The van der Waals surface area contributed by atoms with Crippen LogP contribution in [0.5, 0.6) is 0 Å². The molecule has 5 heteroatoms. The average Bonchev–Trinajstić information content (AvgIpc) is 2.63. The zero-order chi connectivity index (χ0) is 17.8. The third kappa shape index (κ3) is 4.46. The second-order valence-electron chi connectivity index (χ2n) is 6.79. The summed E-state index contributed by atoms with van der Waals surface area (Å²) in [5.74, 6) is -0.514. The minimum absolute atomic E-state index is 0.0502. The summed E-state index contributed by atoms with van der Waals surface area (Å²) in [6.45, 7) is 14.3. The quantitative estimate of drug-likeness (QED) is 0.555. The Labute approximate surface area is 138 Å². The van der Waals surface area contributed by atoms with Gasteiger partial charge in [0.15, 0.2) is 6.10 Å². The Balaban J connectivity index is 3.40. The highest BCUT2D eigenvalue weighted by Crippen LogP contribution is 2.43. The van der Waals surface area contributed by atoms with Crippen molar-refractivity contribution in [1.29, 1.82) is 0 Å². The normalized spacial score (nSPS) is 30.2. The van der Waals surface area contributed by atoms with Crippen LogP contribution < -0.4 is 0 Å². The summed E-state index contributed by atoms with van der Waals surface area (Å²) in [6.07, 6.45) is 0.749. The zero-order valence-corrected chi connectivity index (χ0v) is 14.9. The van der Waals surface area contributed by atoms with Crippen molar-refractivity contribution in [2.24, 2.45) is 11.8 Å². The summed E-state index contributed by atoms with van der Waals surface area (Å²) in [6, 6.07) is 0. The van der Waals surface area contributed by atoms with E-state index in [2.05, 4.69) is 26.2 Å². The Kier molecular flexibility index (Phi) is 6.60. The molecule has 0 unspecified atom stereocenters. The largest absolute Gasteiger partial charge is 0.455 e. The third-order valence-electron chi connectivity index (χ3n) is 3.80. The second-order valence-corrected chi connectivity index (χ2v) is 6.79. The Morgan fingerprint density at radius 3 is 2.26 bits per heavy atom. The molecule has 0 spiro atoms. The van der Waals surface area contributed by atoms with E-state index in [-0.39, 0.29) is 12.0 Å². The molecule has 0 aliphatic carbocycles. The van der Waals surface area contributed by atoms with Crippen LogP contribution in [0, 0.1) is 11.8 Å². The molecule has 1 heterocycles. The molecular weight excluding hydrogens is 296 g/mol. The average molecular weight is 324 g/mol. The molecule has 0 N–H and O–H groups in total. The molecule has 4 atom stereocenters. The van der Waals surface area contributed by atoms with Crippen LogP contribution in [-0.2, 0) is 23.8 Å². The fourth-order valence-electron chi connectivity index (χ4n) is 3.21. The van der Waals surface area contributed by atoms with Crippen LogP contribution in [-0.4, -0.2) is 35.9 Å². The third-order valence-corrected chi connectivity index (χ3v) is 3.80. The van der Waals surface area contributed by atoms with Crippen molar-refractivity contribution >= 4 is 11.9 Å². The SMILES string of the molecule is C=C=C[C@@]1(OC(C)=O)[C@H](OC(C)=O)[C@@H](CC(C)C)O[C@H]1C(C)C. The highest BCUT2D eigenvalue weighted by atomic mass is 16.6. The van der Waals surface area contributed by atoms with Gasteiger partial charge in [-0.15, -0.1) is 5.73 Å². The Morgan fingerprint density at radius 2 is 1.87 bits per heavy atom. The van der Waals surface area contributed by atoms with E-state index in [4.69, 9.17) is 14.2 Å². The first kappa shape index (κ1) is 19.5. The molecule has 0 radical (unpaired) electrons. The summed E-state index contributed by atoms with van der Waals surface area (Å²) in [5, 5.41) is 0. The molecule has 1 fully saturated rings. The molecule has 5 nitrogen and oxygen atoms in total. The highest BCUT2D eigenvalue weighted by molar-refractivity contribution is 5.68. The standard InChI is InChI=1S/C18H28O5/c1-8-9-18(23-14(7)20)16(12(4)5)22-15(10-11(2)3)17(18)21-13(6)19/h9,11-12,15-17H,1,10H2,2-7H3/t15-,16+,17-,18+/m1/s1. The lowest BCUT2D eigenvalue weighted by atomic mass is 9.83. The molecule has 0 saturated carbocycles. The molecule has 1 rings (SSSR count). The van der Waals surface area contributed by atoms with Gasteiger partial charge in [0.2, 0.25) is 5.60 Å². The minimum atomic E-state index is -1.20. The van der Waals surface area contributed by atoms with Crippen LogP contribution in [0.4, 0.5) is 0 Å². The summed E-state index contributed by atoms with van der Waals surface area (Å²) >= 11 is 0. The van der Waals surface area contributed by atoms with Gasteiger partial charge in [0.25, 0.3) is 0 Å². The number of hydrogen-bond donors (Lipinski definition) is 0. The number of carbonyl (C=O) groups excluding carboxylic acids is 2. The van der Waals surface area contributed by atoms with Crippen LogP contribution in [0.1, 0.15) is 48.0 Å². The lowest BCUT2D eigenvalue weighted by Gasteiger charge is -2.35. The van der Waals surface area contributed by atoms with E-state index in [1.807, 2.05) is 13.8 Å². The van der Waals surface area contributed by atoms with E-state index in [9.17, 15) is 9.59 Å². The molecule has 0 aromatic heterocycles. The summed E-state index contributed by atoms with van der Waals surface area (Å²) in [5.41, 5.74) is 1.49. The summed E-state index contributed by atoms with van der Waals surface area (Å²) < 4.78 is 17.3. The summed E-state index contributed by atoms with van der Waals surface area (Å²) in [4.78, 5) is 23.3. The summed E-state index contributed by atoms with van der Waals surface area (Å²) in [7, 11) is 0. The lowest BCUT2D eigenvalue weighted by Crippen LogP contribution is -2.53. The van der Waals surface area contributed by atoms with Crippen LogP contribution in [0.2, 0.25) is 0 Å². The lowest BCUT2D eigenvalue weighted by molar-refractivity contribution is -0.176. The van der Waals surface area contributed by atoms with Gasteiger partial charge in [-0.1, -0.05) is 34.3 Å². The first-order valence-electron chi connectivity index (χ1n) is 8.03. The maximum atomic E-state index is 11.7. The molecule has 0 aromatic carbocycles. The molecule has 130 valence electrons. The first-order chi connectivity index (χ1) is 10.6. The van der Waals surface area contributed by atoms with Crippen molar-refractivity contribution in [1.82, 2.24) is 0 Å². The number of rotatable bonds is 6. The molecule has 1 aliphatic rings. The van der Waals surface area contributed by atoms with Crippen molar-refractivity contribution in [3.8, 4) is 0 Å². The zero-order valence-electron chi connectivity index (χ0n) is 14.9. The van der Waals surface area contributed by atoms with Crippen molar-refractivity contribution in [3.63, 3.8) is 0 Å². The van der Waals surface area contributed by atoms with Crippen LogP contribution in [0.25, 0.3) is 0 Å². The van der Waals surface area contributed by atoms with E-state index in [1.54, 1.807) is 6.08 Å². The fraction of sp³-hybridized carbons (Fsp3) is 0.722. The van der Waals surface area contributed by atoms with Gasteiger partial charge in [-0.3, -0.25) is 9.59 Å². The smallest absolute Gasteiger partial charge is 0.303 e. The van der Waals surface area contributed by atoms with Gasteiger partial charge in [-0.25, -0.2) is 0 Å². The van der Waals surface area contributed by atoms with Gasteiger partial charge in [0.05, 0.1) is 6.10 Å². The second kappa shape index (κ2) is 7.80. The predicted molar refractivity (Wildman–Crippen MR) is 86.7 cm³/mol. The Morgan fingerprint density at radius 1 is 1.26 bits per heavy atom. The van der Waals surface area contributed by atoms with Crippen molar-refractivity contribution in [3.05, 3.63) is 18.4 Å². The Bertz CT molecular complexity index is 490. The number of hydrogen-bond acceptors (Lipinski definition) is 5. The van der Waals surface area contributed by atoms with E-state index in [0.717, 1.165) is 0 Å². The predicted octanol–water partition coefficient (Wildman–Crippen LogP) is 3.03. The molecular formula is C18H28O5. The van der Waals surface area contributed by atoms with Gasteiger partial charge in [0, 0.05) is 19.9 Å². The molecule has 0 aromatic rings. The molecule has 0 bridgehead atoms. The monoisotopic (exact) mass is 324 g/mol. The number of ether oxygens (including phenoxy) is 3. The van der Waals surface area contributed by atoms with E-state index in [1.165, 1.54) is 13.8 Å². The molecule has 1 aliphatic heterocycles. The van der Waals surface area contributed by atoms with Gasteiger partial charge in [0.1, 0.15) is 6.10 Å². The van der Waals surface area contributed by atoms with Gasteiger partial charge < -0.3 is 14.2 Å². The molecule has 1 saturated heterocycles. The highest BCUT2D eigenvalue weighted by Gasteiger charge is 2.60.